The molecule has 0 saturated heterocycles. The third-order valence-corrected chi connectivity index (χ3v) is 4.45. The van der Waals surface area contributed by atoms with Gasteiger partial charge < -0.3 is 10.6 Å². The number of hydrogen-bond donors (Lipinski definition) is 2. The second-order valence-electron chi connectivity index (χ2n) is 5.85. The third-order valence-electron chi connectivity index (χ3n) is 4.45. The molecule has 0 bridgehead atoms. The van der Waals surface area contributed by atoms with Gasteiger partial charge in [-0.3, -0.25) is 4.79 Å². The van der Waals surface area contributed by atoms with E-state index >= 15 is 0 Å². The van der Waals surface area contributed by atoms with Crippen molar-refractivity contribution in [1.82, 2.24) is 0 Å². The van der Waals surface area contributed by atoms with Gasteiger partial charge in [-0.25, -0.2) is 0 Å². The molecule has 4 rings (SSSR count). The quantitative estimate of drug-likeness (QED) is 0.829. The van der Waals surface area contributed by atoms with E-state index < -0.39 is 0 Å². The van der Waals surface area contributed by atoms with Crippen LogP contribution in [0.4, 0.5) is 11.4 Å². The zero-order valence-electron chi connectivity index (χ0n) is 12.3. The number of fused-ring (bicyclic) bond motifs is 2. The normalized spacial score (nSPS) is 23.3. The zero-order valence-corrected chi connectivity index (χ0v) is 12.3. The van der Waals surface area contributed by atoms with E-state index in [1.54, 1.807) is 0 Å². The van der Waals surface area contributed by atoms with Gasteiger partial charge >= 0.3 is 0 Å². The minimum Gasteiger partial charge on any atom is -0.375 e. The molecule has 0 aromatic heterocycles. The van der Waals surface area contributed by atoms with Crippen molar-refractivity contribution in [2.75, 3.05) is 10.6 Å². The van der Waals surface area contributed by atoms with Gasteiger partial charge in [-0.1, -0.05) is 48.5 Å². The molecule has 1 aliphatic carbocycles. The molecule has 2 N–H and O–H groups in total. The highest BCUT2D eigenvalue weighted by Gasteiger charge is 2.36. The highest BCUT2D eigenvalue weighted by Crippen LogP contribution is 2.41. The van der Waals surface area contributed by atoms with Crippen molar-refractivity contribution in [3.63, 3.8) is 0 Å². The maximum atomic E-state index is 12.6. The summed E-state index contributed by atoms with van der Waals surface area (Å²) in [7, 11) is 0. The number of para-hydroxylation sites is 2. The molecule has 0 radical (unpaired) electrons. The topological polar surface area (TPSA) is 41.1 Å². The highest BCUT2D eigenvalue weighted by atomic mass is 16.1. The first kappa shape index (κ1) is 13.1. The van der Waals surface area contributed by atoms with E-state index in [4.69, 9.17) is 0 Å². The number of rotatable bonds is 1. The van der Waals surface area contributed by atoms with Crippen molar-refractivity contribution in [1.29, 1.82) is 0 Å². The number of benzene rings is 2. The van der Waals surface area contributed by atoms with Crippen LogP contribution in [0.1, 0.15) is 24.4 Å². The summed E-state index contributed by atoms with van der Waals surface area (Å²) < 4.78 is 0. The van der Waals surface area contributed by atoms with Crippen LogP contribution in [-0.2, 0) is 4.79 Å². The lowest BCUT2D eigenvalue weighted by Crippen LogP contribution is -2.31. The molecule has 0 amide bonds. The third kappa shape index (κ3) is 2.19. The molecule has 2 atom stereocenters. The van der Waals surface area contributed by atoms with Crippen molar-refractivity contribution in [2.45, 2.75) is 18.9 Å². The molecule has 3 nitrogen and oxygen atoms in total. The van der Waals surface area contributed by atoms with E-state index in [1.807, 2.05) is 36.4 Å². The van der Waals surface area contributed by atoms with Crippen LogP contribution in [0.15, 0.2) is 66.4 Å². The van der Waals surface area contributed by atoms with Crippen LogP contribution in [0.25, 0.3) is 0 Å². The standard InChI is InChI=1S/C19H18N2O/c22-17-12-6-11-16-18(17)19(13-7-2-1-3-8-13)21-15-10-5-4-9-14(15)20-16/h1-5,7-11,18-21H,6,12H2. The smallest absolute Gasteiger partial charge is 0.144 e. The number of carbonyl (C=O) groups excluding carboxylic acids is 1. The Balaban J connectivity index is 1.85. The molecular weight excluding hydrogens is 272 g/mol. The number of anilines is 2. The predicted molar refractivity (Wildman–Crippen MR) is 88.7 cm³/mol. The zero-order chi connectivity index (χ0) is 14.9. The number of carbonyl (C=O) groups is 1. The Morgan fingerprint density at radius 2 is 1.64 bits per heavy atom. The summed E-state index contributed by atoms with van der Waals surface area (Å²) in [6.07, 6.45) is 3.62. The summed E-state index contributed by atoms with van der Waals surface area (Å²) in [6.45, 7) is 0. The lowest BCUT2D eigenvalue weighted by atomic mass is 9.82. The average Bonchev–Trinajstić information content (AvgIpc) is 2.73. The monoisotopic (exact) mass is 290 g/mol. The summed E-state index contributed by atoms with van der Waals surface area (Å²) in [5.74, 6) is 0.155. The summed E-state index contributed by atoms with van der Waals surface area (Å²) >= 11 is 0. The van der Waals surface area contributed by atoms with Gasteiger partial charge in [0.2, 0.25) is 0 Å². The van der Waals surface area contributed by atoms with Crippen LogP contribution in [0, 0.1) is 5.92 Å². The molecular formula is C19H18N2O. The van der Waals surface area contributed by atoms with E-state index in [9.17, 15) is 4.79 Å². The SMILES string of the molecule is O=C1CCC=C2Nc3ccccc3NC(c3ccccc3)C12. The molecule has 0 spiro atoms. The first-order valence-corrected chi connectivity index (χ1v) is 7.73. The van der Waals surface area contributed by atoms with Crippen LogP contribution in [-0.4, -0.2) is 5.78 Å². The van der Waals surface area contributed by atoms with Crippen LogP contribution < -0.4 is 10.6 Å². The van der Waals surface area contributed by atoms with Gasteiger partial charge in [0.25, 0.3) is 0 Å². The number of allylic oxidation sites excluding steroid dienone is 1. The highest BCUT2D eigenvalue weighted by molar-refractivity contribution is 5.89. The summed E-state index contributed by atoms with van der Waals surface area (Å²) in [5, 5.41) is 7.05. The largest absolute Gasteiger partial charge is 0.375 e. The van der Waals surface area contributed by atoms with E-state index in [-0.39, 0.29) is 12.0 Å². The number of hydrogen-bond acceptors (Lipinski definition) is 3. The Labute approximate surface area is 130 Å². The van der Waals surface area contributed by atoms with Gasteiger partial charge in [0.1, 0.15) is 5.78 Å². The molecule has 1 aliphatic heterocycles. The van der Waals surface area contributed by atoms with Crippen LogP contribution in [0.3, 0.4) is 0 Å². The summed E-state index contributed by atoms with van der Waals surface area (Å²) in [5.41, 5.74) is 4.25. The maximum Gasteiger partial charge on any atom is 0.144 e. The lowest BCUT2D eigenvalue weighted by molar-refractivity contribution is -0.122. The number of ketones is 1. The lowest BCUT2D eigenvalue weighted by Gasteiger charge is -2.29. The van der Waals surface area contributed by atoms with Gasteiger partial charge in [0.05, 0.1) is 23.3 Å². The van der Waals surface area contributed by atoms with E-state index in [2.05, 4.69) is 34.9 Å². The van der Waals surface area contributed by atoms with Crippen molar-refractivity contribution < 1.29 is 4.79 Å². The molecule has 1 heterocycles. The molecule has 110 valence electrons. The summed E-state index contributed by atoms with van der Waals surface area (Å²) in [6, 6.07) is 18.3. The molecule has 0 saturated carbocycles. The van der Waals surface area contributed by atoms with Gasteiger partial charge in [0, 0.05) is 12.1 Å². The Kier molecular flexibility index (Phi) is 3.19. The van der Waals surface area contributed by atoms with Crippen molar-refractivity contribution in [3.05, 3.63) is 71.9 Å². The Hall–Kier alpha value is -2.55. The van der Waals surface area contributed by atoms with Crippen molar-refractivity contribution in [2.24, 2.45) is 5.92 Å². The molecule has 0 fully saturated rings. The average molecular weight is 290 g/mol. The minimum absolute atomic E-state index is 0.0311. The van der Waals surface area contributed by atoms with Gasteiger partial charge in [-0.15, -0.1) is 0 Å². The van der Waals surface area contributed by atoms with Gasteiger partial charge in [-0.2, -0.15) is 0 Å². The summed E-state index contributed by atoms with van der Waals surface area (Å²) in [4.78, 5) is 12.6. The second-order valence-corrected chi connectivity index (χ2v) is 5.85. The minimum atomic E-state index is -0.149. The molecule has 2 aromatic rings. The fourth-order valence-electron chi connectivity index (χ4n) is 3.38. The van der Waals surface area contributed by atoms with Gasteiger partial charge in [-0.05, 0) is 24.1 Å². The molecule has 2 aliphatic rings. The van der Waals surface area contributed by atoms with Crippen LogP contribution >= 0.6 is 0 Å². The fourth-order valence-corrected chi connectivity index (χ4v) is 3.38. The Morgan fingerprint density at radius 1 is 0.909 bits per heavy atom. The first-order chi connectivity index (χ1) is 10.8. The number of Topliss-reactive ketones (excluding diaryl/α,β-unsaturated/α-hetero) is 1. The molecule has 22 heavy (non-hydrogen) atoms. The van der Waals surface area contributed by atoms with E-state index in [0.717, 1.165) is 29.1 Å². The second kappa shape index (κ2) is 5.34. The Bertz CT molecular complexity index is 736. The van der Waals surface area contributed by atoms with Crippen molar-refractivity contribution in [3.8, 4) is 0 Å². The molecule has 2 unspecified atom stereocenters. The number of nitrogens with one attached hydrogen (secondary N) is 2. The van der Waals surface area contributed by atoms with E-state index in [0.29, 0.717) is 12.2 Å². The Morgan fingerprint density at radius 3 is 2.45 bits per heavy atom. The molecule has 2 aromatic carbocycles. The molecule has 3 heteroatoms. The first-order valence-electron chi connectivity index (χ1n) is 7.73. The van der Waals surface area contributed by atoms with E-state index in [1.165, 1.54) is 0 Å². The van der Waals surface area contributed by atoms with Crippen LogP contribution in [0.2, 0.25) is 0 Å². The fraction of sp³-hybridized carbons (Fsp3) is 0.211. The predicted octanol–water partition coefficient (Wildman–Crippen LogP) is 4.13. The van der Waals surface area contributed by atoms with Crippen LogP contribution in [0.5, 0.6) is 0 Å². The maximum absolute atomic E-state index is 12.6. The van der Waals surface area contributed by atoms with Crippen molar-refractivity contribution >= 4 is 17.2 Å². The van der Waals surface area contributed by atoms with Gasteiger partial charge in [0.15, 0.2) is 0 Å².